The number of nitrogens with zero attached hydrogens (tertiary/aromatic N) is 3. The lowest BCUT2D eigenvalue weighted by Gasteiger charge is -2.47. The number of carbonyl (C=O) groups is 1. The average molecular weight is 809 g/mol. The Kier molecular flexibility index (Phi) is 11.8. The molecule has 4 aromatic rings. The van der Waals surface area contributed by atoms with E-state index >= 15 is 0 Å². The maximum atomic E-state index is 13.2. The number of rotatable bonds is 13. The molecule has 0 amide bonds. The van der Waals surface area contributed by atoms with E-state index in [2.05, 4.69) is 48.2 Å². The maximum Gasteiger partial charge on any atom is 0.329 e. The van der Waals surface area contributed by atoms with Crippen molar-refractivity contribution in [1.82, 2.24) is 14.9 Å². The average Bonchev–Trinajstić information content (AvgIpc) is 3.33. The predicted octanol–water partition coefficient (Wildman–Crippen LogP) is 9.27. The zero-order chi connectivity index (χ0) is 40.4. The summed E-state index contributed by atoms with van der Waals surface area (Å²) in [6.07, 6.45) is 12.0. The normalized spacial score (nSPS) is 25.4. The monoisotopic (exact) mass is 808 g/mol. The van der Waals surface area contributed by atoms with Crippen molar-refractivity contribution >= 4 is 23.3 Å². The van der Waals surface area contributed by atoms with Gasteiger partial charge in [-0.25, -0.2) is 4.79 Å². The van der Waals surface area contributed by atoms with Crippen LogP contribution < -0.4 is 24.3 Å². The Bertz CT molecular complexity index is 2090. The molecule has 308 valence electrons. The Morgan fingerprint density at radius 2 is 1.93 bits per heavy atom. The van der Waals surface area contributed by atoms with E-state index in [-0.39, 0.29) is 17.4 Å². The number of halogens is 1. The first-order valence-electron chi connectivity index (χ1n) is 21.1. The van der Waals surface area contributed by atoms with E-state index in [4.69, 9.17) is 35.5 Å². The van der Waals surface area contributed by atoms with Crippen molar-refractivity contribution in [3.05, 3.63) is 100 Å². The molecule has 11 heteroatoms. The van der Waals surface area contributed by atoms with Gasteiger partial charge in [0.1, 0.15) is 23.1 Å². The molecule has 0 bridgehead atoms. The highest BCUT2D eigenvalue weighted by Crippen LogP contribution is 2.58. The number of hydrogen-bond acceptors (Lipinski definition) is 9. The predicted molar refractivity (Wildman–Crippen MR) is 226 cm³/mol. The SMILES string of the molecule is COc1ccc(CN(C)C[C@H]2CCOc3cc4c(cc3O2)C2(CCC(Nc3cccc(Cl)c3)(C(=O)O)CC2)[C@@H](C[C@@H](C)COc2ccnc3c2[C@H](C)CCC3)C4)nc1. The van der Waals surface area contributed by atoms with Gasteiger partial charge in [-0.2, -0.15) is 0 Å². The summed E-state index contributed by atoms with van der Waals surface area (Å²) in [5.41, 5.74) is 5.38. The quantitative estimate of drug-likeness (QED) is 0.136. The highest BCUT2D eigenvalue weighted by Gasteiger charge is 2.54. The van der Waals surface area contributed by atoms with Gasteiger partial charge in [-0.1, -0.05) is 31.5 Å². The molecular weight excluding hydrogens is 752 g/mol. The van der Waals surface area contributed by atoms with E-state index in [9.17, 15) is 9.90 Å². The van der Waals surface area contributed by atoms with Gasteiger partial charge in [-0.3, -0.25) is 14.9 Å². The number of pyridine rings is 2. The first-order valence-corrected chi connectivity index (χ1v) is 21.4. The number of ether oxygens (including phenoxy) is 4. The minimum absolute atomic E-state index is 0.0672. The number of aromatic nitrogens is 2. The van der Waals surface area contributed by atoms with Crippen molar-refractivity contribution in [2.45, 2.75) is 108 Å². The number of likely N-dealkylation sites (N-methyl/N-ethyl adjacent to an activating group) is 1. The number of carboxylic acids is 1. The fourth-order valence-corrected chi connectivity index (χ4v) is 10.5. The maximum absolute atomic E-state index is 13.2. The van der Waals surface area contributed by atoms with Crippen LogP contribution in [0.2, 0.25) is 5.02 Å². The summed E-state index contributed by atoms with van der Waals surface area (Å²) in [5, 5.41) is 14.8. The van der Waals surface area contributed by atoms with Crippen LogP contribution in [0.15, 0.2) is 67.0 Å². The second-order valence-electron chi connectivity index (χ2n) is 17.4. The van der Waals surface area contributed by atoms with Crippen LogP contribution in [0.25, 0.3) is 0 Å². The molecule has 2 aromatic carbocycles. The Balaban J connectivity index is 1.04. The van der Waals surface area contributed by atoms with Crippen molar-refractivity contribution in [3.8, 4) is 23.0 Å². The number of anilines is 1. The molecule has 3 heterocycles. The van der Waals surface area contributed by atoms with Crippen LogP contribution in [0.5, 0.6) is 23.0 Å². The van der Waals surface area contributed by atoms with Crippen LogP contribution >= 0.6 is 11.6 Å². The Morgan fingerprint density at radius 1 is 1.09 bits per heavy atom. The van der Waals surface area contributed by atoms with Gasteiger partial charge < -0.3 is 29.4 Å². The lowest BCUT2D eigenvalue weighted by molar-refractivity contribution is -0.144. The van der Waals surface area contributed by atoms with Crippen LogP contribution in [0.1, 0.15) is 99.2 Å². The van der Waals surface area contributed by atoms with Gasteiger partial charge in [0.05, 0.1) is 32.2 Å². The van der Waals surface area contributed by atoms with Crippen LogP contribution in [0.4, 0.5) is 5.69 Å². The zero-order valence-corrected chi connectivity index (χ0v) is 35.0. The van der Waals surface area contributed by atoms with E-state index in [0.29, 0.717) is 56.0 Å². The molecule has 8 rings (SSSR count). The molecule has 0 saturated heterocycles. The Morgan fingerprint density at radius 3 is 2.69 bits per heavy atom. The number of hydrogen-bond donors (Lipinski definition) is 2. The summed E-state index contributed by atoms with van der Waals surface area (Å²) < 4.78 is 25.2. The van der Waals surface area contributed by atoms with Gasteiger partial charge in [0, 0.05) is 47.7 Å². The molecule has 1 aliphatic heterocycles. The number of carboxylic acid groups (broad SMARTS) is 1. The van der Waals surface area contributed by atoms with E-state index < -0.39 is 11.5 Å². The fraction of sp³-hybridized carbons (Fsp3) is 0.511. The van der Waals surface area contributed by atoms with Crippen LogP contribution in [-0.2, 0) is 29.6 Å². The van der Waals surface area contributed by atoms with E-state index in [1.165, 1.54) is 28.8 Å². The topological polar surface area (TPSA) is 115 Å². The molecule has 3 aliphatic carbocycles. The van der Waals surface area contributed by atoms with E-state index in [1.54, 1.807) is 25.4 Å². The van der Waals surface area contributed by atoms with Gasteiger partial charge in [-0.15, -0.1) is 0 Å². The lowest BCUT2D eigenvalue weighted by Crippen LogP contribution is -2.53. The Labute approximate surface area is 347 Å². The van der Waals surface area contributed by atoms with Crippen LogP contribution in [-0.4, -0.2) is 71.5 Å². The second kappa shape index (κ2) is 17.0. The minimum atomic E-state index is -1.10. The van der Waals surface area contributed by atoms with Gasteiger partial charge in [0.2, 0.25) is 0 Å². The molecule has 4 aliphatic rings. The summed E-state index contributed by atoms with van der Waals surface area (Å²) in [7, 11) is 3.74. The summed E-state index contributed by atoms with van der Waals surface area (Å²) in [4.78, 5) is 24.6. The van der Waals surface area contributed by atoms with Crippen molar-refractivity contribution in [3.63, 3.8) is 0 Å². The molecule has 1 spiro atoms. The fourth-order valence-electron chi connectivity index (χ4n) is 10.3. The molecule has 2 aromatic heterocycles. The number of fused-ring (bicyclic) bond motifs is 4. The summed E-state index contributed by atoms with van der Waals surface area (Å²) >= 11 is 6.34. The van der Waals surface area contributed by atoms with Gasteiger partial charge in [0.25, 0.3) is 0 Å². The minimum Gasteiger partial charge on any atom is -0.495 e. The van der Waals surface area contributed by atoms with Crippen molar-refractivity contribution in [1.29, 1.82) is 0 Å². The summed E-state index contributed by atoms with van der Waals surface area (Å²) in [5.74, 6) is 3.48. The van der Waals surface area contributed by atoms with E-state index in [1.807, 2.05) is 36.5 Å². The van der Waals surface area contributed by atoms with Crippen LogP contribution in [0.3, 0.4) is 0 Å². The third-order valence-electron chi connectivity index (χ3n) is 13.3. The van der Waals surface area contributed by atoms with Crippen molar-refractivity contribution in [2.75, 3.05) is 39.2 Å². The number of benzene rings is 2. The van der Waals surface area contributed by atoms with Crippen LogP contribution in [0, 0.1) is 11.8 Å². The molecule has 1 fully saturated rings. The van der Waals surface area contributed by atoms with E-state index in [0.717, 1.165) is 79.3 Å². The molecular formula is C47H57ClN4O6. The number of methoxy groups -OCH3 is 1. The number of aliphatic carboxylic acids is 1. The molecule has 4 atom stereocenters. The Hall–Kier alpha value is -4.54. The van der Waals surface area contributed by atoms with Gasteiger partial charge >= 0.3 is 5.97 Å². The highest BCUT2D eigenvalue weighted by atomic mass is 35.5. The first kappa shape index (κ1) is 40.2. The molecule has 10 nitrogen and oxygen atoms in total. The van der Waals surface area contributed by atoms with Crippen molar-refractivity contribution in [2.24, 2.45) is 11.8 Å². The van der Waals surface area contributed by atoms with Crippen molar-refractivity contribution < 1.29 is 28.8 Å². The largest absolute Gasteiger partial charge is 0.495 e. The number of aryl methyl sites for hydroxylation is 1. The first-order chi connectivity index (χ1) is 28.0. The smallest absolute Gasteiger partial charge is 0.329 e. The number of nitrogens with one attached hydrogen (secondary N) is 1. The molecule has 0 radical (unpaired) electrons. The molecule has 1 saturated carbocycles. The third kappa shape index (κ3) is 8.32. The lowest BCUT2D eigenvalue weighted by atomic mass is 9.59. The van der Waals surface area contributed by atoms with Gasteiger partial charge in [-0.05, 0) is 148 Å². The zero-order valence-electron chi connectivity index (χ0n) is 34.3. The summed E-state index contributed by atoms with van der Waals surface area (Å²) in [6.45, 7) is 7.17. The molecule has 58 heavy (non-hydrogen) atoms. The molecule has 2 N–H and O–H groups in total. The summed E-state index contributed by atoms with van der Waals surface area (Å²) in [6, 6.07) is 17.8. The highest BCUT2D eigenvalue weighted by molar-refractivity contribution is 6.30. The van der Waals surface area contributed by atoms with Gasteiger partial charge in [0.15, 0.2) is 11.5 Å². The third-order valence-corrected chi connectivity index (χ3v) is 13.6. The molecule has 0 unspecified atom stereocenters. The standard InChI is InChI=1S/C47H57ClN4O6/c1-30(29-57-41-13-19-49-40-10-5-7-31(2)44(40)41)21-33-22-32-23-42-43(58-38(14-20-56-42)28-52(3)27-36-11-12-37(55-4)26-50-36)25-39(32)46(33)15-17-47(18-16-46,45(53)54)51-35-9-6-8-34(48)24-35/h6,8-9,11-13,19,23-26,30-31,33,38,51H,5,7,10,14-18,20-22,27-29H2,1-4H3,(H,53,54)/t30-,31-,33+,38-,46?,47?/m1/s1. The second-order valence-corrected chi connectivity index (χ2v) is 17.9.